The van der Waals surface area contributed by atoms with Gasteiger partial charge in [0, 0.05) is 19.0 Å². The third kappa shape index (κ3) is 3.29. The van der Waals surface area contributed by atoms with Gasteiger partial charge in [-0.2, -0.15) is 5.10 Å². The monoisotopic (exact) mass is 306 g/mol. The molecule has 2 N–H and O–H groups in total. The van der Waals surface area contributed by atoms with Gasteiger partial charge in [0.25, 0.3) is 0 Å². The largest absolute Gasteiger partial charge is 0.324 e. The number of nitrogens with two attached hydrogens (primary N) is 1. The van der Waals surface area contributed by atoms with Crippen LogP contribution < -0.4 is 5.73 Å². The van der Waals surface area contributed by atoms with E-state index < -0.39 is 0 Å². The van der Waals surface area contributed by atoms with Gasteiger partial charge in [-0.15, -0.1) is 10.2 Å². The third-order valence-corrected chi connectivity index (χ3v) is 5.12. The summed E-state index contributed by atoms with van der Waals surface area (Å²) in [5, 5.41) is 13.8. The van der Waals surface area contributed by atoms with Gasteiger partial charge in [-0.05, 0) is 18.9 Å². The first-order valence-corrected chi connectivity index (χ1v) is 8.51. The normalized spacial score (nSPS) is 16.5. The van der Waals surface area contributed by atoms with Crippen LogP contribution in [0.3, 0.4) is 0 Å². The molecule has 7 heteroatoms. The Morgan fingerprint density at radius 3 is 2.81 bits per heavy atom. The second kappa shape index (κ2) is 6.62. The van der Waals surface area contributed by atoms with Crippen LogP contribution in [0.2, 0.25) is 0 Å². The van der Waals surface area contributed by atoms with Crippen LogP contribution in [0.1, 0.15) is 49.7 Å². The Bertz CT molecular complexity index is 584. The minimum Gasteiger partial charge on any atom is -0.324 e. The van der Waals surface area contributed by atoms with Crippen LogP contribution in [0.4, 0.5) is 0 Å². The summed E-state index contributed by atoms with van der Waals surface area (Å²) in [5.41, 5.74) is 6.71. The van der Waals surface area contributed by atoms with Crippen molar-refractivity contribution in [1.29, 1.82) is 0 Å². The van der Waals surface area contributed by atoms with E-state index >= 15 is 0 Å². The number of aromatic nitrogens is 5. The predicted octanol–water partition coefficient (Wildman–Crippen LogP) is 2.27. The number of rotatable bonds is 5. The quantitative estimate of drug-likeness (QED) is 0.858. The van der Waals surface area contributed by atoms with Crippen molar-refractivity contribution in [3.8, 4) is 0 Å². The highest BCUT2D eigenvalue weighted by Gasteiger charge is 2.16. The fourth-order valence-electron chi connectivity index (χ4n) is 2.79. The molecule has 6 nitrogen and oxygen atoms in total. The molecule has 1 aliphatic carbocycles. The van der Waals surface area contributed by atoms with Crippen molar-refractivity contribution in [3.63, 3.8) is 0 Å². The standard InChI is InChI=1S/C14H22N6S/c1-19-13(9-15)16-17-14(19)21-10-11-7-8-20(18-11)12-5-3-2-4-6-12/h7-8,12H,2-6,9-10,15H2,1H3. The predicted molar refractivity (Wildman–Crippen MR) is 82.8 cm³/mol. The molecule has 0 aromatic carbocycles. The minimum absolute atomic E-state index is 0.417. The zero-order valence-corrected chi connectivity index (χ0v) is 13.2. The summed E-state index contributed by atoms with van der Waals surface area (Å²) in [6, 6.07) is 2.71. The molecule has 0 bridgehead atoms. The van der Waals surface area contributed by atoms with E-state index in [1.54, 1.807) is 11.8 Å². The summed E-state index contributed by atoms with van der Waals surface area (Å²) in [6.07, 6.45) is 8.67. The first kappa shape index (κ1) is 14.6. The summed E-state index contributed by atoms with van der Waals surface area (Å²) in [4.78, 5) is 0. The van der Waals surface area contributed by atoms with Gasteiger partial charge in [0.05, 0.1) is 18.3 Å². The first-order valence-electron chi connectivity index (χ1n) is 7.53. The minimum atomic E-state index is 0.417. The van der Waals surface area contributed by atoms with Crippen molar-refractivity contribution in [2.24, 2.45) is 12.8 Å². The van der Waals surface area contributed by atoms with Crippen LogP contribution in [0.15, 0.2) is 17.4 Å². The van der Waals surface area contributed by atoms with Crippen molar-refractivity contribution in [2.45, 2.75) is 55.6 Å². The highest BCUT2D eigenvalue weighted by atomic mass is 32.2. The summed E-state index contributed by atoms with van der Waals surface area (Å²) in [6.45, 7) is 0.417. The van der Waals surface area contributed by atoms with Crippen LogP contribution in [-0.4, -0.2) is 24.5 Å². The van der Waals surface area contributed by atoms with E-state index in [1.807, 2.05) is 11.6 Å². The number of hydrogen-bond acceptors (Lipinski definition) is 5. The van der Waals surface area contributed by atoms with Gasteiger partial charge in [-0.25, -0.2) is 0 Å². The van der Waals surface area contributed by atoms with Gasteiger partial charge in [0.1, 0.15) is 5.82 Å². The Morgan fingerprint density at radius 2 is 2.10 bits per heavy atom. The molecule has 2 aromatic rings. The second-order valence-corrected chi connectivity index (χ2v) is 6.47. The summed E-state index contributed by atoms with van der Waals surface area (Å²) < 4.78 is 4.10. The second-order valence-electron chi connectivity index (χ2n) is 5.53. The van der Waals surface area contributed by atoms with Gasteiger partial charge in [0.15, 0.2) is 5.16 Å². The van der Waals surface area contributed by atoms with Crippen molar-refractivity contribution >= 4 is 11.8 Å². The molecule has 0 spiro atoms. The molecule has 21 heavy (non-hydrogen) atoms. The van der Waals surface area contributed by atoms with E-state index in [-0.39, 0.29) is 0 Å². The van der Waals surface area contributed by atoms with Crippen molar-refractivity contribution in [1.82, 2.24) is 24.5 Å². The average Bonchev–Trinajstić information content (AvgIpc) is 3.13. The summed E-state index contributed by atoms with van der Waals surface area (Å²) >= 11 is 1.65. The Kier molecular flexibility index (Phi) is 4.60. The lowest BCUT2D eigenvalue weighted by atomic mass is 9.96. The smallest absolute Gasteiger partial charge is 0.191 e. The Labute approximate surface area is 129 Å². The highest BCUT2D eigenvalue weighted by molar-refractivity contribution is 7.98. The molecular weight excluding hydrogens is 284 g/mol. The molecule has 0 atom stereocenters. The van der Waals surface area contributed by atoms with E-state index in [9.17, 15) is 0 Å². The fraction of sp³-hybridized carbons (Fsp3) is 0.643. The lowest BCUT2D eigenvalue weighted by Gasteiger charge is -2.21. The molecule has 0 unspecified atom stereocenters. The van der Waals surface area contributed by atoms with Crippen LogP contribution in [0.5, 0.6) is 0 Å². The summed E-state index contributed by atoms with van der Waals surface area (Å²) in [5.74, 6) is 1.63. The molecule has 1 fully saturated rings. The van der Waals surface area contributed by atoms with Crippen molar-refractivity contribution in [2.75, 3.05) is 0 Å². The topological polar surface area (TPSA) is 74.6 Å². The Balaban J connectivity index is 1.60. The molecule has 3 rings (SSSR count). The van der Waals surface area contributed by atoms with Crippen molar-refractivity contribution in [3.05, 3.63) is 23.8 Å². The van der Waals surface area contributed by atoms with Crippen LogP contribution in [0.25, 0.3) is 0 Å². The average molecular weight is 306 g/mol. The third-order valence-electron chi connectivity index (χ3n) is 4.07. The van der Waals surface area contributed by atoms with E-state index in [0.29, 0.717) is 12.6 Å². The molecule has 1 saturated carbocycles. The molecule has 0 amide bonds. The Morgan fingerprint density at radius 1 is 1.29 bits per heavy atom. The van der Waals surface area contributed by atoms with Gasteiger partial charge in [0.2, 0.25) is 0 Å². The number of hydrogen-bond donors (Lipinski definition) is 1. The zero-order valence-electron chi connectivity index (χ0n) is 12.4. The molecular formula is C14H22N6S. The van der Waals surface area contributed by atoms with Crippen LogP contribution in [0, 0.1) is 0 Å². The number of nitrogens with zero attached hydrogens (tertiary/aromatic N) is 5. The molecule has 0 radical (unpaired) electrons. The molecule has 0 saturated heterocycles. The maximum Gasteiger partial charge on any atom is 0.191 e. The Hall–Kier alpha value is -1.34. The molecule has 2 aromatic heterocycles. The number of thioether (sulfide) groups is 1. The lowest BCUT2D eigenvalue weighted by molar-refractivity contribution is 0.328. The summed E-state index contributed by atoms with van der Waals surface area (Å²) in [7, 11) is 1.95. The van der Waals surface area contributed by atoms with Crippen LogP contribution >= 0.6 is 11.8 Å². The SMILES string of the molecule is Cn1c(CN)nnc1SCc1ccn(C2CCCCC2)n1. The zero-order chi connectivity index (χ0) is 14.7. The maximum absolute atomic E-state index is 5.61. The van der Waals surface area contributed by atoms with Crippen LogP contribution in [-0.2, 0) is 19.3 Å². The van der Waals surface area contributed by atoms with Gasteiger partial charge >= 0.3 is 0 Å². The van der Waals surface area contributed by atoms with E-state index in [2.05, 4.69) is 27.1 Å². The van der Waals surface area contributed by atoms with Gasteiger partial charge < -0.3 is 10.3 Å². The van der Waals surface area contributed by atoms with Gasteiger partial charge in [-0.1, -0.05) is 31.0 Å². The maximum atomic E-state index is 5.61. The van der Waals surface area contributed by atoms with Gasteiger partial charge in [-0.3, -0.25) is 4.68 Å². The highest BCUT2D eigenvalue weighted by Crippen LogP contribution is 2.28. The fourth-order valence-corrected chi connectivity index (χ4v) is 3.62. The van der Waals surface area contributed by atoms with Crippen molar-refractivity contribution < 1.29 is 0 Å². The first-order chi connectivity index (χ1) is 10.3. The molecule has 0 aliphatic heterocycles. The van der Waals surface area contributed by atoms with E-state index in [1.165, 1.54) is 32.1 Å². The molecule has 1 aliphatic rings. The van der Waals surface area contributed by atoms with E-state index in [0.717, 1.165) is 22.4 Å². The molecule has 114 valence electrons. The lowest BCUT2D eigenvalue weighted by Crippen LogP contribution is -2.13. The van der Waals surface area contributed by atoms with E-state index in [4.69, 9.17) is 10.8 Å². The molecule has 2 heterocycles.